The molecule has 1 unspecified atom stereocenters. The molecule has 17 heavy (non-hydrogen) atoms. The van der Waals surface area contributed by atoms with Gasteiger partial charge in [0.2, 0.25) is 0 Å². The minimum atomic E-state index is 0.141. The highest BCUT2D eigenvalue weighted by molar-refractivity contribution is 7.11. The van der Waals surface area contributed by atoms with Gasteiger partial charge in [0.05, 0.1) is 16.7 Å². The van der Waals surface area contributed by atoms with E-state index >= 15 is 0 Å². The maximum Gasteiger partial charge on any atom is 0.117 e. The SMILES string of the molecule is Cc1nc(C(C)Nc2cccc(O)c2)c(C)s1. The van der Waals surface area contributed by atoms with Crippen LogP contribution in [-0.2, 0) is 0 Å². The summed E-state index contributed by atoms with van der Waals surface area (Å²) >= 11 is 1.71. The Bertz CT molecular complexity index is 522. The summed E-state index contributed by atoms with van der Waals surface area (Å²) in [5, 5.41) is 13.8. The molecule has 0 aliphatic carbocycles. The van der Waals surface area contributed by atoms with Crippen LogP contribution in [0.15, 0.2) is 24.3 Å². The molecule has 0 fully saturated rings. The van der Waals surface area contributed by atoms with E-state index < -0.39 is 0 Å². The molecule has 1 heterocycles. The molecular formula is C13H16N2OS. The summed E-state index contributed by atoms with van der Waals surface area (Å²) in [6.45, 7) is 6.18. The molecule has 1 aromatic carbocycles. The lowest BCUT2D eigenvalue weighted by Crippen LogP contribution is -2.08. The van der Waals surface area contributed by atoms with E-state index in [9.17, 15) is 5.11 Å². The Labute approximate surface area is 105 Å². The van der Waals surface area contributed by atoms with Gasteiger partial charge in [-0.05, 0) is 32.9 Å². The smallest absolute Gasteiger partial charge is 0.117 e. The largest absolute Gasteiger partial charge is 0.508 e. The third-order valence-corrected chi connectivity index (χ3v) is 3.48. The van der Waals surface area contributed by atoms with Crippen LogP contribution in [0.1, 0.15) is 28.5 Å². The molecule has 0 saturated heterocycles. The lowest BCUT2D eigenvalue weighted by molar-refractivity contribution is 0.475. The van der Waals surface area contributed by atoms with Gasteiger partial charge in [-0.25, -0.2) is 4.98 Å². The number of aromatic nitrogens is 1. The number of aromatic hydroxyl groups is 1. The number of thiazole rings is 1. The number of nitrogens with zero attached hydrogens (tertiary/aromatic N) is 1. The second-order valence-electron chi connectivity index (χ2n) is 4.09. The first kappa shape index (κ1) is 11.9. The van der Waals surface area contributed by atoms with Crippen LogP contribution >= 0.6 is 11.3 Å². The van der Waals surface area contributed by atoms with Crippen LogP contribution in [0.4, 0.5) is 5.69 Å². The fraction of sp³-hybridized carbons (Fsp3) is 0.308. The molecule has 0 radical (unpaired) electrons. The Balaban J connectivity index is 2.16. The van der Waals surface area contributed by atoms with Gasteiger partial charge in [0.25, 0.3) is 0 Å². The molecule has 0 amide bonds. The lowest BCUT2D eigenvalue weighted by Gasteiger charge is -2.14. The molecule has 1 aromatic heterocycles. The van der Waals surface area contributed by atoms with Crippen LogP contribution in [0.2, 0.25) is 0 Å². The van der Waals surface area contributed by atoms with Crippen LogP contribution in [0.3, 0.4) is 0 Å². The fourth-order valence-corrected chi connectivity index (χ4v) is 2.77. The van der Waals surface area contributed by atoms with Crippen molar-refractivity contribution in [3.63, 3.8) is 0 Å². The topological polar surface area (TPSA) is 45.2 Å². The minimum absolute atomic E-state index is 0.141. The van der Waals surface area contributed by atoms with Crippen molar-refractivity contribution in [2.75, 3.05) is 5.32 Å². The summed E-state index contributed by atoms with van der Waals surface area (Å²) < 4.78 is 0. The maximum absolute atomic E-state index is 9.40. The first-order valence-electron chi connectivity index (χ1n) is 5.56. The predicted octanol–water partition coefficient (Wildman–Crippen LogP) is 3.64. The first-order chi connectivity index (χ1) is 8.06. The molecule has 1 atom stereocenters. The number of aryl methyl sites for hydroxylation is 2. The quantitative estimate of drug-likeness (QED) is 0.871. The van der Waals surface area contributed by atoms with Gasteiger partial charge in [0.1, 0.15) is 5.75 Å². The summed E-state index contributed by atoms with van der Waals surface area (Å²) in [6, 6.07) is 7.27. The number of hydrogen-bond acceptors (Lipinski definition) is 4. The van der Waals surface area contributed by atoms with Crippen LogP contribution in [-0.4, -0.2) is 10.1 Å². The number of benzene rings is 1. The lowest BCUT2D eigenvalue weighted by atomic mass is 10.2. The van der Waals surface area contributed by atoms with Crippen molar-refractivity contribution < 1.29 is 5.11 Å². The van der Waals surface area contributed by atoms with Gasteiger partial charge in [0, 0.05) is 16.6 Å². The van der Waals surface area contributed by atoms with Gasteiger partial charge >= 0.3 is 0 Å². The van der Waals surface area contributed by atoms with Crippen molar-refractivity contribution in [1.82, 2.24) is 4.98 Å². The van der Waals surface area contributed by atoms with Crippen LogP contribution in [0.25, 0.3) is 0 Å². The molecule has 4 heteroatoms. The summed E-state index contributed by atoms with van der Waals surface area (Å²) in [6.07, 6.45) is 0. The monoisotopic (exact) mass is 248 g/mol. The average molecular weight is 248 g/mol. The van der Waals surface area contributed by atoms with Crippen molar-refractivity contribution in [2.45, 2.75) is 26.8 Å². The Morgan fingerprint density at radius 2 is 2.12 bits per heavy atom. The van der Waals surface area contributed by atoms with E-state index in [4.69, 9.17) is 0 Å². The second-order valence-corrected chi connectivity index (χ2v) is 5.50. The van der Waals surface area contributed by atoms with E-state index in [0.29, 0.717) is 0 Å². The summed E-state index contributed by atoms with van der Waals surface area (Å²) in [4.78, 5) is 5.76. The molecule has 0 saturated carbocycles. The van der Waals surface area contributed by atoms with Crippen molar-refractivity contribution in [3.05, 3.63) is 39.8 Å². The molecule has 0 aliphatic rings. The van der Waals surface area contributed by atoms with Gasteiger partial charge in [-0.3, -0.25) is 0 Å². The third-order valence-electron chi connectivity index (χ3n) is 2.58. The summed E-state index contributed by atoms with van der Waals surface area (Å²) in [5.41, 5.74) is 1.98. The predicted molar refractivity (Wildman–Crippen MR) is 71.7 cm³/mol. The van der Waals surface area contributed by atoms with Crippen LogP contribution < -0.4 is 5.32 Å². The third kappa shape index (κ3) is 2.77. The first-order valence-corrected chi connectivity index (χ1v) is 6.37. The number of rotatable bonds is 3. The van der Waals surface area contributed by atoms with Gasteiger partial charge in [-0.15, -0.1) is 11.3 Å². The molecule has 0 spiro atoms. The molecule has 0 aliphatic heterocycles. The highest BCUT2D eigenvalue weighted by Crippen LogP contribution is 2.26. The van der Waals surface area contributed by atoms with Gasteiger partial charge in [-0.2, -0.15) is 0 Å². The van der Waals surface area contributed by atoms with E-state index in [-0.39, 0.29) is 11.8 Å². The van der Waals surface area contributed by atoms with Crippen molar-refractivity contribution >= 4 is 17.0 Å². The molecule has 90 valence electrons. The molecule has 2 N–H and O–H groups in total. The van der Waals surface area contributed by atoms with Gasteiger partial charge in [-0.1, -0.05) is 6.07 Å². The minimum Gasteiger partial charge on any atom is -0.508 e. The van der Waals surface area contributed by atoms with E-state index in [2.05, 4.69) is 24.1 Å². The zero-order chi connectivity index (χ0) is 12.4. The van der Waals surface area contributed by atoms with E-state index in [1.165, 1.54) is 4.88 Å². The zero-order valence-corrected chi connectivity index (χ0v) is 11.0. The molecule has 2 aromatic rings. The highest BCUT2D eigenvalue weighted by atomic mass is 32.1. The Hall–Kier alpha value is -1.55. The average Bonchev–Trinajstić information content (AvgIpc) is 2.58. The standard InChI is InChI=1S/C13H16N2OS/c1-8(13-9(2)17-10(3)15-13)14-11-5-4-6-12(16)7-11/h4-8,14,16H,1-3H3. The molecule has 3 nitrogen and oxygen atoms in total. The van der Waals surface area contributed by atoms with Gasteiger partial charge < -0.3 is 10.4 Å². The van der Waals surface area contributed by atoms with Crippen molar-refractivity contribution in [2.24, 2.45) is 0 Å². The highest BCUT2D eigenvalue weighted by Gasteiger charge is 2.12. The van der Waals surface area contributed by atoms with Crippen LogP contribution in [0, 0.1) is 13.8 Å². The maximum atomic E-state index is 9.40. The number of hydrogen-bond donors (Lipinski definition) is 2. The van der Waals surface area contributed by atoms with Crippen molar-refractivity contribution in [3.8, 4) is 5.75 Å². The zero-order valence-electron chi connectivity index (χ0n) is 10.2. The van der Waals surface area contributed by atoms with Crippen molar-refractivity contribution in [1.29, 1.82) is 0 Å². The fourth-order valence-electron chi connectivity index (χ4n) is 1.86. The number of phenols is 1. The van der Waals surface area contributed by atoms with Gasteiger partial charge in [0.15, 0.2) is 0 Å². The Morgan fingerprint density at radius 1 is 1.35 bits per heavy atom. The normalized spacial score (nSPS) is 12.4. The number of anilines is 1. The molecular weight excluding hydrogens is 232 g/mol. The number of phenolic OH excluding ortho intramolecular Hbond substituents is 1. The summed E-state index contributed by atoms with van der Waals surface area (Å²) in [5.74, 6) is 0.272. The van der Waals surface area contributed by atoms with E-state index in [1.807, 2.05) is 19.1 Å². The molecule has 0 bridgehead atoms. The Kier molecular flexibility index (Phi) is 3.33. The van der Waals surface area contributed by atoms with E-state index in [1.54, 1.807) is 23.5 Å². The summed E-state index contributed by atoms with van der Waals surface area (Å²) in [7, 11) is 0. The number of nitrogens with one attached hydrogen (secondary N) is 1. The van der Waals surface area contributed by atoms with Crippen LogP contribution in [0.5, 0.6) is 5.75 Å². The van der Waals surface area contributed by atoms with E-state index in [0.717, 1.165) is 16.4 Å². The Morgan fingerprint density at radius 3 is 2.71 bits per heavy atom. The molecule has 2 rings (SSSR count). The second kappa shape index (κ2) is 4.75.